The van der Waals surface area contributed by atoms with Crippen LogP contribution in [0.4, 0.5) is 17.1 Å². The normalized spacial score (nSPS) is 13.1. The Balaban J connectivity index is 1.89. The third kappa shape index (κ3) is 2.50. The molecule has 0 unspecified atom stereocenters. The summed E-state index contributed by atoms with van der Waals surface area (Å²) in [5.74, 6) is -0.294. The van der Waals surface area contributed by atoms with Gasteiger partial charge >= 0.3 is 0 Å². The fraction of sp³-hybridized carbons (Fsp3) is 0.0769. The van der Waals surface area contributed by atoms with Crippen LogP contribution in [0.2, 0.25) is 5.22 Å². The second-order valence-electron chi connectivity index (χ2n) is 4.33. The van der Waals surface area contributed by atoms with Crippen molar-refractivity contribution >= 4 is 40.5 Å². The molecule has 4 N–H and O–H groups in total. The number of furan rings is 1. The number of ether oxygens (including phenoxy) is 1. The predicted octanol–water partition coefficient (Wildman–Crippen LogP) is 2.10. The standard InChI is InChI=1S/C13H10ClN3O4/c14-12-6(1-2-20-12)13(19)17-8-4-9-10(3-7(8)15)21-5-11(18)16-9/h1-4H,5,15H2,(H,16,18)(H,17,19). The number of nitrogen functional groups attached to an aromatic ring is 1. The molecule has 2 heterocycles. The molecule has 0 aliphatic carbocycles. The summed E-state index contributed by atoms with van der Waals surface area (Å²) >= 11 is 5.74. The molecule has 108 valence electrons. The van der Waals surface area contributed by atoms with Crippen LogP contribution in [0, 0.1) is 0 Å². The molecule has 0 atom stereocenters. The summed E-state index contributed by atoms with van der Waals surface area (Å²) in [7, 11) is 0. The Morgan fingerprint density at radius 1 is 1.43 bits per heavy atom. The lowest BCUT2D eigenvalue weighted by Gasteiger charge is -2.20. The molecule has 7 nitrogen and oxygen atoms in total. The molecule has 0 bridgehead atoms. The quantitative estimate of drug-likeness (QED) is 0.737. The Morgan fingerprint density at radius 3 is 2.95 bits per heavy atom. The van der Waals surface area contributed by atoms with Crippen molar-refractivity contribution in [3.63, 3.8) is 0 Å². The zero-order valence-corrected chi connectivity index (χ0v) is 11.4. The monoisotopic (exact) mass is 307 g/mol. The third-order valence-electron chi connectivity index (χ3n) is 2.90. The van der Waals surface area contributed by atoms with Crippen molar-refractivity contribution in [1.82, 2.24) is 0 Å². The van der Waals surface area contributed by atoms with Crippen molar-refractivity contribution in [3.05, 3.63) is 35.2 Å². The number of hydrogen-bond donors (Lipinski definition) is 3. The largest absolute Gasteiger partial charge is 0.482 e. The van der Waals surface area contributed by atoms with Gasteiger partial charge in [-0.15, -0.1) is 0 Å². The van der Waals surface area contributed by atoms with E-state index in [2.05, 4.69) is 10.6 Å². The van der Waals surface area contributed by atoms with Gasteiger partial charge in [0.2, 0.25) is 5.22 Å². The lowest BCUT2D eigenvalue weighted by atomic mass is 10.2. The Morgan fingerprint density at radius 2 is 2.24 bits per heavy atom. The van der Waals surface area contributed by atoms with Gasteiger partial charge < -0.3 is 25.5 Å². The van der Waals surface area contributed by atoms with Gasteiger partial charge in [0.15, 0.2) is 6.61 Å². The van der Waals surface area contributed by atoms with Gasteiger partial charge in [0, 0.05) is 6.07 Å². The number of rotatable bonds is 2. The van der Waals surface area contributed by atoms with Crippen molar-refractivity contribution in [2.45, 2.75) is 0 Å². The molecule has 8 heteroatoms. The molecule has 0 fully saturated rings. The van der Waals surface area contributed by atoms with E-state index in [0.717, 1.165) is 0 Å². The first-order valence-electron chi connectivity index (χ1n) is 5.95. The number of halogens is 1. The van der Waals surface area contributed by atoms with E-state index in [9.17, 15) is 9.59 Å². The summed E-state index contributed by atoms with van der Waals surface area (Å²) in [4.78, 5) is 23.3. The molecule has 0 saturated carbocycles. The fourth-order valence-electron chi connectivity index (χ4n) is 1.90. The van der Waals surface area contributed by atoms with E-state index in [4.69, 9.17) is 26.5 Å². The van der Waals surface area contributed by atoms with Gasteiger partial charge in [0.25, 0.3) is 11.8 Å². The zero-order chi connectivity index (χ0) is 15.0. The number of amides is 2. The zero-order valence-electron chi connectivity index (χ0n) is 10.6. The van der Waals surface area contributed by atoms with E-state index < -0.39 is 5.91 Å². The first kappa shape index (κ1) is 13.3. The van der Waals surface area contributed by atoms with Crippen molar-refractivity contribution < 1.29 is 18.7 Å². The smallest absolute Gasteiger partial charge is 0.262 e. The SMILES string of the molecule is Nc1cc2c(cc1NC(=O)c1ccoc1Cl)NC(=O)CO2. The van der Waals surface area contributed by atoms with Crippen LogP contribution in [0.5, 0.6) is 5.75 Å². The summed E-state index contributed by atoms with van der Waals surface area (Å²) in [6, 6.07) is 4.49. The van der Waals surface area contributed by atoms with E-state index in [1.165, 1.54) is 24.5 Å². The van der Waals surface area contributed by atoms with Crippen LogP contribution in [0.1, 0.15) is 10.4 Å². The number of carbonyl (C=O) groups is 2. The summed E-state index contributed by atoms with van der Waals surface area (Å²) in [5, 5.41) is 5.22. The predicted molar refractivity (Wildman–Crippen MR) is 76.7 cm³/mol. The van der Waals surface area contributed by atoms with Crippen LogP contribution in [-0.2, 0) is 4.79 Å². The van der Waals surface area contributed by atoms with E-state index >= 15 is 0 Å². The van der Waals surface area contributed by atoms with Gasteiger partial charge in [-0.3, -0.25) is 9.59 Å². The summed E-state index contributed by atoms with van der Waals surface area (Å²) in [6.07, 6.45) is 1.31. The lowest BCUT2D eigenvalue weighted by molar-refractivity contribution is -0.118. The summed E-state index contributed by atoms with van der Waals surface area (Å²) in [6.45, 7) is -0.0667. The first-order valence-corrected chi connectivity index (χ1v) is 6.33. The third-order valence-corrected chi connectivity index (χ3v) is 3.19. The lowest BCUT2D eigenvalue weighted by Crippen LogP contribution is -2.25. The Kier molecular flexibility index (Phi) is 3.19. The van der Waals surface area contributed by atoms with Crippen LogP contribution >= 0.6 is 11.6 Å². The highest BCUT2D eigenvalue weighted by molar-refractivity contribution is 6.32. The molecule has 2 amide bonds. The first-order chi connectivity index (χ1) is 10.0. The Labute approximate surface area is 124 Å². The number of hydrogen-bond acceptors (Lipinski definition) is 5. The fourth-order valence-corrected chi connectivity index (χ4v) is 2.10. The Bertz CT molecular complexity index is 741. The molecule has 0 spiro atoms. The van der Waals surface area contributed by atoms with Gasteiger partial charge in [0.05, 0.1) is 28.9 Å². The van der Waals surface area contributed by atoms with Crippen molar-refractivity contribution in [2.24, 2.45) is 0 Å². The molecule has 1 aliphatic rings. The second kappa shape index (κ2) is 5.02. The van der Waals surface area contributed by atoms with Crippen molar-refractivity contribution in [2.75, 3.05) is 23.0 Å². The molecule has 1 aliphatic heterocycles. The van der Waals surface area contributed by atoms with E-state index in [1.807, 2.05) is 0 Å². The van der Waals surface area contributed by atoms with Gasteiger partial charge in [-0.1, -0.05) is 0 Å². The van der Waals surface area contributed by atoms with Crippen LogP contribution in [0.15, 0.2) is 28.9 Å². The molecular formula is C13H10ClN3O4. The van der Waals surface area contributed by atoms with E-state index in [0.29, 0.717) is 22.8 Å². The molecule has 0 saturated heterocycles. The van der Waals surface area contributed by atoms with E-state index in [1.54, 1.807) is 0 Å². The minimum Gasteiger partial charge on any atom is -0.482 e. The minimum atomic E-state index is -0.469. The highest BCUT2D eigenvalue weighted by Crippen LogP contribution is 2.35. The maximum absolute atomic E-state index is 12.1. The molecular weight excluding hydrogens is 298 g/mol. The molecule has 2 aromatic rings. The molecule has 1 aromatic heterocycles. The maximum Gasteiger partial charge on any atom is 0.262 e. The average Bonchev–Trinajstić information content (AvgIpc) is 2.86. The highest BCUT2D eigenvalue weighted by Gasteiger charge is 2.20. The number of carbonyl (C=O) groups excluding carboxylic acids is 2. The average molecular weight is 308 g/mol. The summed E-state index contributed by atoms with van der Waals surface area (Å²) < 4.78 is 10.1. The van der Waals surface area contributed by atoms with Crippen LogP contribution < -0.4 is 21.1 Å². The van der Waals surface area contributed by atoms with Gasteiger partial charge in [-0.2, -0.15) is 0 Å². The van der Waals surface area contributed by atoms with Crippen LogP contribution in [-0.4, -0.2) is 18.4 Å². The number of fused-ring (bicyclic) bond motifs is 1. The van der Waals surface area contributed by atoms with Gasteiger partial charge in [-0.05, 0) is 23.7 Å². The van der Waals surface area contributed by atoms with Gasteiger partial charge in [-0.25, -0.2) is 0 Å². The Hall–Kier alpha value is -2.67. The van der Waals surface area contributed by atoms with Gasteiger partial charge in [0.1, 0.15) is 5.75 Å². The molecule has 3 rings (SSSR count). The summed E-state index contributed by atoms with van der Waals surface area (Å²) in [5.41, 5.74) is 7.12. The number of nitrogens with one attached hydrogen (secondary N) is 2. The number of nitrogens with two attached hydrogens (primary N) is 1. The highest BCUT2D eigenvalue weighted by atomic mass is 35.5. The topological polar surface area (TPSA) is 107 Å². The van der Waals surface area contributed by atoms with E-state index in [-0.39, 0.29) is 23.3 Å². The van der Waals surface area contributed by atoms with Crippen molar-refractivity contribution in [3.8, 4) is 5.75 Å². The van der Waals surface area contributed by atoms with Crippen LogP contribution in [0.3, 0.4) is 0 Å². The molecule has 21 heavy (non-hydrogen) atoms. The second-order valence-corrected chi connectivity index (χ2v) is 4.68. The van der Waals surface area contributed by atoms with Crippen LogP contribution in [0.25, 0.3) is 0 Å². The minimum absolute atomic E-state index is 0.0133. The maximum atomic E-state index is 12.1. The number of anilines is 3. The number of benzene rings is 1. The molecule has 0 radical (unpaired) electrons. The molecule has 1 aromatic carbocycles. The van der Waals surface area contributed by atoms with Crippen molar-refractivity contribution in [1.29, 1.82) is 0 Å².